The van der Waals surface area contributed by atoms with E-state index in [1.54, 1.807) is 0 Å². The third kappa shape index (κ3) is 4.04. The molecular formula is C24H27N3O2. The number of nitrogens with one attached hydrogen (secondary N) is 1. The highest BCUT2D eigenvalue weighted by molar-refractivity contribution is 5.95. The van der Waals surface area contributed by atoms with Gasteiger partial charge in [-0.2, -0.15) is 0 Å². The van der Waals surface area contributed by atoms with E-state index in [2.05, 4.69) is 4.98 Å². The van der Waals surface area contributed by atoms with Crippen molar-refractivity contribution in [2.24, 2.45) is 5.92 Å². The first kappa shape index (κ1) is 19.2. The first-order valence-corrected chi connectivity index (χ1v) is 10.4. The lowest BCUT2D eigenvalue weighted by molar-refractivity contribution is -0.134. The van der Waals surface area contributed by atoms with Crippen LogP contribution in [0, 0.1) is 5.92 Å². The normalized spacial score (nSPS) is 14.9. The molecule has 5 nitrogen and oxygen atoms in total. The third-order valence-corrected chi connectivity index (χ3v) is 5.86. The van der Waals surface area contributed by atoms with Crippen LogP contribution in [0.15, 0.2) is 60.8 Å². The second-order valence-corrected chi connectivity index (χ2v) is 7.61. The van der Waals surface area contributed by atoms with E-state index in [-0.39, 0.29) is 17.7 Å². The summed E-state index contributed by atoms with van der Waals surface area (Å²) < 4.78 is 0. The summed E-state index contributed by atoms with van der Waals surface area (Å²) in [5, 5.41) is 1.10. The number of aromatic nitrogens is 1. The molecule has 1 aliphatic heterocycles. The molecule has 0 unspecified atom stereocenters. The molecule has 2 heterocycles. The molecule has 1 aromatic heterocycles. The maximum Gasteiger partial charge on any atom is 0.230 e. The molecule has 4 rings (SSSR count). The molecule has 150 valence electrons. The van der Waals surface area contributed by atoms with Gasteiger partial charge in [-0.3, -0.25) is 9.59 Å². The van der Waals surface area contributed by atoms with E-state index < -0.39 is 0 Å². The van der Waals surface area contributed by atoms with Gasteiger partial charge < -0.3 is 14.8 Å². The zero-order valence-corrected chi connectivity index (χ0v) is 16.8. The third-order valence-electron chi connectivity index (χ3n) is 5.86. The van der Waals surface area contributed by atoms with Crippen molar-refractivity contribution in [2.75, 3.05) is 24.5 Å². The van der Waals surface area contributed by atoms with Crippen LogP contribution in [-0.2, 0) is 16.0 Å². The number of rotatable bonds is 5. The first-order chi connectivity index (χ1) is 14.2. The number of nitrogens with zero attached hydrogens (tertiary/aromatic N) is 2. The molecule has 2 aromatic carbocycles. The predicted molar refractivity (Wildman–Crippen MR) is 116 cm³/mol. The predicted octanol–water partition coefficient (Wildman–Crippen LogP) is 4.00. The van der Waals surface area contributed by atoms with E-state index in [0.717, 1.165) is 35.0 Å². The second-order valence-electron chi connectivity index (χ2n) is 7.61. The molecule has 1 aliphatic rings. The number of para-hydroxylation sites is 2. The number of hydrogen-bond acceptors (Lipinski definition) is 2. The highest BCUT2D eigenvalue weighted by Gasteiger charge is 2.30. The van der Waals surface area contributed by atoms with Gasteiger partial charge in [0.1, 0.15) is 0 Å². The molecule has 0 atom stereocenters. The van der Waals surface area contributed by atoms with E-state index in [4.69, 9.17) is 0 Å². The molecule has 3 aromatic rings. The number of carbonyl (C=O) groups is 2. The van der Waals surface area contributed by atoms with E-state index in [9.17, 15) is 9.59 Å². The number of benzene rings is 2. The fraction of sp³-hybridized carbons (Fsp3) is 0.333. The van der Waals surface area contributed by atoms with Gasteiger partial charge in [0.05, 0.1) is 6.42 Å². The van der Waals surface area contributed by atoms with E-state index >= 15 is 0 Å². The maximum atomic E-state index is 13.0. The molecule has 2 amide bonds. The van der Waals surface area contributed by atoms with E-state index in [1.807, 2.05) is 77.5 Å². The van der Waals surface area contributed by atoms with Crippen molar-refractivity contribution in [1.82, 2.24) is 9.88 Å². The summed E-state index contributed by atoms with van der Waals surface area (Å²) in [6, 6.07) is 17.9. The Hall–Kier alpha value is -3.08. The van der Waals surface area contributed by atoms with Gasteiger partial charge in [-0.15, -0.1) is 0 Å². The number of amides is 2. The molecule has 0 aliphatic carbocycles. The Kier molecular flexibility index (Phi) is 5.65. The summed E-state index contributed by atoms with van der Waals surface area (Å²) in [4.78, 5) is 32.8. The number of likely N-dealkylation sites (tertiary alicyclic amines) is 1. The average Bonchev–Trinajstić information content (AvgIpc) is 3.18. The molecule has 1 fully saturated rings. The van der Waals surface area contributed by atoms with Gasteiger partial charge in [-0.1, -0.05) is 36.4 Å². The van der Waals surface area contributed by atoms with Crippen LogP contribution in [0.1, 0.15) is 25.3 Å². The molecule has 0 bridgehead atoms. The van der Waals surface area contributed by atoms with Gasteiger partial charge in [0.15, 0.2) is 0 Å². The van der Waals surface area contributed by atoms with Gasteiger partial charge in [0, 0.05) is 48.3 Å². The van der Waals surface area contributed by atoms with Crippen molar-refractivity contribution >= 4 is 28.4 Å². The minimum atomic E-state index is -0.0210. The maximum absolute atomic E-state index is 13.0. The fourth-order valence-corrected chi connectivity index (χ4v) is 4.22. The summed E-state index contributed by atoms with van der Waals surface area (Å²) in [6.07, 6.45) is 3.77. The van der Waals surface area contributed by atoms with Crippen molar-refractivity contribution in [3.63, 3.8) is 0 Å². The second kappa shape index (κ2) is 8.52. The van der Waals surface area contributed by atoms with Crippen molar-refractivity contribution in [1.29, 1.82) is 0 Å². The zero-order chi connectivity index (χ0) is 20.2. The standard InChI is InChI=1S/C24H27N3O2/c1-2-27(20-8-4-3-5-9-20)24(29)18-12-14-26(15-13-18)23(28)16-19-17-25-22-11-7-6-10-21(19)22/h3-11,17-18,25H,2,12-16H2,1H3. The zero-order valence-electron chi connectivity index (χ0n) is 16.8. The quantitative estimate of drug-likeness (QED) is 0.717. The lowest BCUT2D eigenvalue weighted by Gasteiger charge is -2.34. The summed E-state index contributed by atoms with van der Waals surface area (Å²) in [5.74, 6) is 0.283. The number of anilines is 1. The van der Waals surface area contributed by atoms with Gasteiger partial charge in [0.2, 0.25) is 11.8 Å². The number of carbonyl (C=O) groups excluding carboxylic acids is 2. The van der Waals surface area contributed by atoms with Crippen LogP contribution in [0.4, 0.5) is 5.69 Å². The van der Waals surface area contributed by atoms with E-state index in [0.29, 0.717) is 26.1 Å². The highest BCUT2D eigenvalue weighted by atomic mass is 16.2. The molecule has 0 saturated carbocycles. The molecular weight excluding hydrogens is 362 g/mol. The van der Waals surface area contributed by atoms with Crippen molar-refractivity contribution < 1.29 is 9.59 Å². The van der Waals surface area contributed by atoms with Crippen molar-refractivity contribution in [3.8, 4) is 0 Å². The Morgan fingerprint density at radius 2 is 1.72 bits per heavy atom. The topological polar surface area (TPSA) is 56.4 Å². The lowest BCUT2D eigenvalue weighted by atomic mass is 9.94. The summed E-state index contributed by atoms with van der Waals surface area (Å²) in [7, 11) is 0. The summed E-state index contributed by atoms with van der Waals surface area (Å²) in [6.45, 7) is 3.95. The van der Waals surface area contributed by atoms with Gasteiger partial charge in [-0.25, -0.2) is 0 Å². The number of H-pyrrole nitrogens is 1. The largest absolute Gasteiger partial charge is 0.361 e. The number of piperidine rings is 1. The monoisotopic (exact) mass is 389 g/mol. The average molecular weight is 389 g/mol. The summed E-state index contributed by atoms with van der Waals surface area (Å²) in [5.41, 5.74) is 3.03. The fourth-order valence-electron chi connectivity index (χ4n) is 4.22. The Bertz CT molecular complexity index is 988. The molecule has 1 N–H and O–H groups in total. The van der Waals surface area contributed by atoms with Crippen LogP contribution in [-0.4, -0.2) is 41.3 Å². The van der Waals surface area contributed by atoms with Crippen LogP contribution in [0.2, 0.25) is 0 Å². The van der Waals surface area contributed by atoms with Gasteiger partial charge in [-0.05, 0) is 43.5 Å². The van der Waals surface area contributed by atoms with Crippen LogP contribution in [0.5, 0.6) is 0 Å². The van der Waals surface area contributed by atoms with Crippen molar-refractivity contribution in [3.05, 3.63) is 66.4 Å². The Morgan fingerprint density at radius 3 is 2.45 bits per heavy atom. The van der Waals surface area contributed by atoms with Crippen LogP contribution < -0.4 is 4.90 Å². The highest BCUT2D eigenvalue weighted by Crippen LogP contribution is 2.25. The Morgan fingerprint density at radius 1 is 1.03 bits per heavy atom. The lowest BCUT2D eigenvalue weighted by Crippen LogP contribution is -2.45. The van der Waals surface area contributed by atoms with Gasteiger partial charge in [0.25, 0.3) is 0 Å². The minimum Gasteiger partial charge on any atom is -0.361 e. The van der Waals surface area contributed by atoms with Crippen LogP contribution in [0.25, 0.3) is 10.9 Å². The minimum absolute atomic E-state index is 0.0210. The summed E-state index contributed by atoms with van der Waals surface area (Å²) >= 11 is 0. The number of hydrogen-bond donors (Lipinski definition) is 1. The van der Waals surface area contributed by atoms with Gasteiger partial charge >= 0.3 is 0 Å². The smallest absolute Gasteiger partial charge is 0.230 e. The Balaban J connectivity index is 1.36. The van der Waals surface area contributed by atoms with E-state index in [1.165, 1.54) is 0 Å². The molecule has 0 spiro atoms. The molecule has 1 saturated heterocycles. The van der Waals surface area contributed by atoms with Crippen molar-refractivity contribution in [2.45, 2.75) is 26.2 Å². The Labute approximate surface area is 171 Å². The first-order valence-electron chi connectivity index (χ1n) is 10.4. The molecule has 0 radical (unpaired) electrons. The number of fused-ring (bicyclic) bond motifs is 1. The molecule has 5 heteroatoms. The molecule has 29 heavy (non-hydrogen) atoms. The number of aromatic amines is 1. The van der Waals surface area contributed by atoms with Crippen LogP contribution in [0.3, 0.4) is 0 Å². The SMILES string of the molecule is CCN(C(=O)C1CCN(C(=O)Cc2c[nH]c3ccccc23)CC1)c1ccccc1. The van der Waals surface area contributed by atoms with Crippen LogP contribution >= 0.6 is 0 Å².